The number of likely N-dealkylation sites (tertiary alicyclic amines) is 1. The Hall–Kier alpha value is -3.11. The Balaban J connectivity index is 1.27. The third-order valence-corrected chi connectivity index (χ3v) is 6.20. The Morgan fingerprint density at radius 3 is 2.74 bits per heavy atom. The topological polar surface area (TPSA) is 29.0 Å². The van der Waals surface area contributed by atoms with E-state index in [2.05, 4.69) is 46.3 Å². The number of aromatic nitrogens is 2. The first-order chi connectivity index (χ1) is 15.2. The van der Waals surface area contributed by atoms with Gasteiger partial charge in [-0.05, 0) is 72.8 Å². The van der Waals surface area contributed by atoms with Gasteiger partial charge < -0.3 is 0 Å². The molecule has 4 heteroatoms. The summed E-state index contributed by atoms with van der Waals surface area (Å²) in [6.07, 6.45) is 6.93. The van der Waals surface area contributed by atoms with Crippen molar-refractivity contribution in [2.45, 2.75) is 31.7 Å². The Morgan fingerprint density at radius 2 is 1.87 bits per heavy atom. The lowest BCUT2D eigenvalue weighted by Crippen LogP contribution is -2.34. The third kappa shape index (κ3) is 4.64. The summed E-state index contributed by atoms with van der Waals surface area (Å²) < 4.78 is 13.4. The number of hydrogen-bond donors (Lipinski definition) is 0. The molecular formula is C27H26FN3. The summed E-state index contributed by atoms with van der Waals surface area (Å²) >= 11 is 0. The van der Waals surface area contributed by atoms with Crippen molar-refractivity contribution >= 4 is 10.9 Å². The first-order valence-electron chi connectivity index (χ1n) is 11.0. The molecule has 0 spiro atoms. The van der Waals surface area contributed by atoms with Gasteiger partial charge in [-0.1, -0.05) is 36.4 Å². The van der Waals surface area contributed by atoms with Crippen LogP contribution in [0.1, 0.15) is 41.1 Å². The highest BCUT2D eigenvalue weighted by molar-refractivity contribution is 5.81. The smallest absolute Gasteiger partial charge is 0.123 e. The average Bonchev–Trinajstić information content (AvgIpc) is 2.80. The zero-order chi connectivity index (χ0) is 21.0. The highest BCUT2D eigenvalue weighted by Crippen LogP contribution is 2.28. The Labute approximate surface area is 182 Å². The molecule has 0 N–H and O–H groups in total. The van der Waals surface area contributed by atoms with Crippen LogP contribution in [0.25, 0.3) is 10.9 Å². The first-order valence-corrected chi connectivity index (χ1v) is 11.0. The second-order valence-corrected chi connectivity index (χ2v) is 8.46. The highest BCUT2D eigenvalue weighted by Gasteiger charge is 2.22. The van der Waals surface area contributed by atoms with Gasteiger partial charge in [-0.25, -0.2) is 4.39 Å². The third-order valence-electron chi connectivity index (χ3n) is 6.20. The van der Waals surface area contributed by atoms with Crippen LogP contribution in [0.4, 0.5) is 4.39 Å². The molecule has 0 unspecified atom stereocenters. The maximum Gasteiger partial charge on any atom is 0.123 e. The van der Waals surface area contributed by atoms with Crippen LogP contribution in [0.15, 0.2) is 79.1 Å². The van der Waals surface area contributed by atoms with Crippen molar-refractivity contribution in [3.05, 3.63) is 107 Å². The van der Waals surface area contributed by atoms with E-state index in [1.807, 2.05) is 24.5 Å². The van der Waals surface area contributed by atoms with Gasteiger partial charge in [0.2, 0.25) is 0 Å². The summed E-state index contributed by atoms with van der Waals surface area (Å²) in [6, 6.07) is 21.6. The van der Waals surface area contributed by atoms with Crippen LogP contribution >= 0.6 is 0 Å². The lowest BCUT2D eigenvalue weighted by molar-refractivity contribution is 0.199. The fourth-order valence-corrected chi connectivity index (χ4v) is 4.64. The highest BCUT2D eigenvalue weighted by atomic mass is 19.1. The number of fused-ring (bicyclic) bond motifs is 1. The number of para-hydroxylation sites is 1. The molecule has 4 aromatic rings. The number of nitrogens with zero attached hydrogens (tertiary/aromatic N) is 3. The number of benzene rings is 2. The molecule has 1 atom stereocenters. The lowest BCUT2D eigenvalue weighted by atomic mass is 9.93. The molecule has 1 fully saturated rings. The molecule has 1 saturated heterocycles. The zero-order valence-electron chi connectivity index (χ0n) is 17.5. The minimum Gasteiger partial charge on any atom is -0.298 e. The number of pyridine rings is 2. The molecule has 0 radical (unpaired) electrons. The summed E-state index contributed by atoms with van der Waals surface area (Å²) in [5.41, 5.74) is 5.65. The minimum absolute atomic E-state index is 0.189. The molecule has 3 nitrogen and oxygen atoms in total. The molecule has 156 valence electrons. The number of rotatable bonds is 5. The SMILES string of the molecule is Fc1cccc(Cc2ccc([C@H]3CCCN(Cc4ccnc5ccccc45)C3)nc2)c1. The second kappa shape index (κ2) is 8.94. The van der Waals surface area contributed by atoms with Crippen LogP contribution in [0.3, 0.4) is 0 Å². The summed E-state index contributed by atoms with van der Waals surface area (Å²) in [6.45, 7) is 3.08. The van der Waals surface area contributed by atoms with Crippen LogP contribution in [-0.2, 0) is 13.0 Å². The molecule has 0 bridgehead atoms. The molecule has 3 heterocycles. The van der Waals surface area contributed by atoms with E-state index >= 15 is 0 Å². The number of halogens is 1. The summed E-state index contributed by atoms with van der Waals surface area (Å²) in [5, 5.41) is 1.24. The molecule has 1 aliphatic heterocycles. The van der Waals surface area contributed by atoms with E-state index in [1.54, 1.807) is 12.1 Å². The second-order valence-electron chi connectivity index (χ2n) is 8.46. The summed E-state index contributed by atoms with van der Waals surface area (Å²) in [7, 11) is 0. The fraction of sp³-hybridized carbons (Fsp3) is 0.259. The van der Waals surface area contributed by atoms with E-state index in [0.29, 0.717) is 12.3 Å². The predicted octanol–water partition coefficient (Wildman–Crippen LogP) is 5.74. The number of hydrogen-bond acceptors (Lipinski definition) is 3. The summed E-state index contributed by atoms with van der Waals surface area (Å²) in [4.78, 5) is 11.8. The maximum atomic E-state index is 13.4. The molecule has 2 aromatic carbocycles. The normalized spacial score (nSPS) is 17.1. The van der Waals surface area contributed by atoms with Crippen LogP contribution < -0.4 is 0 Å². The van der Waals surface area contributed by atoms with Gasteiger partial charge in [0, 0.05) is 42.5 Å². The molecule has 2 aromatic heterocycles. The van der Waals surface area contributed by atoms with Crippen LogP contribution in [0.2, 0.25) is 0 Å². The summed E-state index contributed by atoms with van der Waals surface area (Å²) in [5.74, 6) is 0.261. The standard InChI is InChI=1S/C27H26FN3/c28-24-7-3-5-20(16-24)15-21-10-11-26(30-17-21)23-6-4-14-31(19-23)18-22-12-13-29-27-9-2-1-8-25(22)27/h1-3,5,7-13,16-17,23H,4,6,14-15,18-19H2/t23-/m0/s1. The molecule has 0 amide bonds. The lowest BCUT2D eigenvalue weighted by Gasteiger charge is -2.32. The Bertz CT molecular complexity index is 1170. The van der Waals surface area contributed by atoms with E-state index in [4.69, 9.17) is 4.98 Å². The van der Waals surface area contributed by atoms with Crippen molar-refractivity contribution in [3.8, 4) is 0 Å². The van der Waals surface area contributed by atoms with E-state index in [1.165, 1.54) is 29.9 Å². The van der Waals surface area contributed by atoms with Crippen molar-refractivity contribution in [2.75, 3.05) is 13.1 Å². The monoisotopic (exact) mass is 411 g/mol. The maximum absolute atomic E-state index is 13.4. The first kappa shape index (κ1) is 19.8. The van der Waals surface area contributed by atoms with Gasteiger partial charge in [0.15, 0.2) is 0 Å². The molecular weight excluding hydrogens is 385 g/mol. The van der Waals surface area contributed by atoms with Gasteiger partial charge in [0.1, 0.15) is 5.82 Å². The van der Waals surface area contributed by atoms with E-state index in [-0.39, 0.29) is 5.82 Å². The van der Waals surface area contributed by atoms with Gasteiger partial charge in [-0.3, -0.25) is 14.9 Å². The van der Waals surface area contributed by atoms with Crippen molar-refractivity contribution in [1.82, 2.24) is 14.9 Å². The predicted molar refractivity (Wildman–Crippen MR) is 122 cm³/mol. The van der Waals surface area contributed by atoms with Gasteiger partial charge >= 0.3 is 0 Å². The molecule has 1 aliphatic rings. The van der Waals surface area contributed by atoms with E-state index < -0.39 is 0 Å². The minimum atomic E-state index is -0.189. The Kier molecular flexibility index (Phi) is 5.72. The van der Waals surface area contributed by atoms with Gasteiger partial charge in [-0.15, -0.1) is 0 Å². The van der Waals surface area contributed by atoms with Gasteiger partial charge in [0.25, 0.3) is 0 Å². The van der Waals surface area contributed by atoms with Gasteiger partial charge in [0.05, 0.1) is 5.52 Å². The zero-order valence-corrected chi connectivity index (χ0v) is 17.5. The van der Waals surface area contributed by atoms with Gasteiger partial charge in [-0.2, -0.15) is 0 Å². The molecule has 31 heavy (non-hydrogen) atoms. The quantitative estimate of drug-likeness (QED) is 0.419. The number of piperidine rings is 1. The van der Waals surface area contributed by atoms with Crippen LogP contribution in [0, 0.1) is 5.82 Å². The average molecular weight is 412 g/mol. The molecule has 0 aliphatic carbocycles. The fourth-order valence-electron chi connectivity index (χ4n) is 4.64. The van der Waals surface area contributed by atoms with Crippen molar-refractivity contribution in [2.24, 2.45) is 0 Å². The van der Waals surface area contributed by atoms with Crippen LogP contribution in [0.5, 0.6) is 0 Å². The largest absolute Gasteiger partial charge is 0.298 e. The van der Waals surface area contributed by atoms with Crippen molar-refractivity contribution in [1.29, 1.82) is 0 Å². The van der Waals surface area contributed by atoms with Crippen LogP contribution in [-0.4, -0.2) is 28.0 Å². The van der Waals surface area contributed by atoms with E-state index in [0.717, 1.165) is 42.0 Å². The Morgan fingerprint density at radius 1 is 0.935 bits per heavy atom. The van der Waals surface area contributed by atoms with Crippen molar-refractivity contribution in [3.63, 3.8) is 0 Å². The van der Waals surface area contributed by atoms with E-state index in [9.17, 15) is 4.39 Å². The van der Waals surface area contributed by atoms with Crippen molar-refractivity contribution < 1.29 is 4.39 Å². The molecule has 5 rings (SSSR count). The molecule has 0 saturated carbocycles.